The van der Waals surface area contributed by atoms with Crippen molar-refractivity contribution >= 4 is 17.4 Å². The number of para-hydroxylation sites is 1. The van der Waals surface area contributed by atoms with Crippen LogP contribution in [-0.4, -0.2) is 16.5 Å². The predicted octanol–water partition coefficient (Wildman–Crippen LogP) is 3.30. The number of carbonyl (C=O) groups excluding carboxylic acids is 1. The molecule has 1 aliphatic heterocycles. The number of hydrogen-bond acceptors (Lipinski definition) is 1. The van der Waals surface area contributed by atoms with Crippen LogP contribution in [0.1, 0.15) is 26.3 Å². The molecule has 1 aromatic carbocycles. The second kappa shape index (κ2) is 3.37. The van der Waals surface area contributed by atoms with Crippen LogP contribution in [0.3, 0.4) is 0 Å². The lowest BCUT2D eigenvalue weighted by molar-refractivity contribution is 0.197. The highest BCUT2D eigenvalue weighted by molar-refractivity contribution is 6.02. The van der Waals surface area contributed by atoms with Crippen LogP contribution in [0.25, 0.3) is 5.70 Å². The van der Waals surface area contributed by atoms with Gasteiger partial charge in [0.15, 0.2) is 0 Å². The van der Waals surface area contributed by atoms with Gasteiger partial charge in [0.2, 0.25) is 0 Å². The third-order valence-corrected chi connectivity index (χ3v) is 2.62. The molecule has 0 atom stereocenters. The molecule has 1 aromatic rings. The Kier molecular flexibility index (Phi) is 2.26. The van der Waals surface area contributed by atoms with Crippen molar-refractivity contribution in [3.63, 3.8) is 0 Å². The molecule has 1 heterocycles. The maximum atomic E-state index is 12.0. The number of anilines is 1. The smallest absolute Gasteiger partial charge is 0.307 e. The van der Waals surface area contributed by atoms with Gasteiger partial charge in [0.05, 0.1) is 5.69 Å². The Labute approximate surface area is 95.8 Å². The minimum absolute atomic E-state index is 0.115. The molecule has 0 bridgehead atoms. The van der Waals surface area contributed by atoms with E-state index in [0.717, 1.165) is 16.9 Å². The first-order valence-corrected chi connectivity index (χ1v) is 5.31. The van der Waals surface area contributed by atoms with Crippen LogP contribution in [-0.2, 0) is 0 Å². The standard InChI is InChI=1S/C13H16N2O/c1-9-10-7-5-6-8-11(10)14-12(16)15(9)13(2,3)4/h5-8H,1H2,2-4H3,(H,14,16). The molecule has 1 aliphatic rings. The zero-order valence-corrected chi connectivity index (χ0v) is 9.87. The van der Waals surface area contributed by atoms with Gasteiger partial charge in [0.25, 0.3) is 0 Å². The fraction of sp³-hybridized carbons (Fsp3) is 0.308. The van der Waals surface area contributed by atoms with E-state index in [4.69, 9.17) is 0 Å². The van der Waals surface area contributed by atoms with Crippen molar-refractivity contribution in [3.05, 3.63) is 36.4 Å². The van der Waals surface area contributed by atoms with E-state index in [1.165, 1.54) is 0 Å². The maximum absolute atomic E-state index is 12.0. The van der Waals surface area contributed by atoms with Crippen LogP contribution in [0.15, 0.2) is 30.8 Å². The molecule has 1 N–H and O–H groups in total. The van der Waals surface area contributed by atoms with Crippen molar-refractivity contribution in [1.82, 2.24) is 4.90 Å². The van der Waals surface area contributed by atoms with Crippen LogP contribution < -0.4 is 5.32 Å². The Morgan fingerprint density at radius 3 is 2.50 bits per heavy atom. The number of rotatable bonds is 0. The van der Waals surface area contributed by atoms with Gasteiger partial charge in [-0.25, -0.2) is 4.79 Å². The van der Waals surface area contributed by atoms with E-state index in [0.29, 0.717) is 0 Å². The van der Waals surface area contributed by atoms with E-state index >= 15 is 0 Å². The Morgan fingerprint density at radius 1 is 1.25 bits per heavy atom. The summed E-state index contributed by atoms with van der Waals surface area (Å²) in [6.45, 7) is 9.99. The van der Waals surface area contributed by atoms with E-state index in [9.17, 15) is 4.79 Å². The molecule has 0 saturated carbocycles. The van der Waals surface area contributed by atoms with Crippen LogP contribution in [0, 0.1) is 0 Å². The van der Waals surface area contributed by atoms with E-state index in [-0.39, 0.29) is 11.6 Å². The van der Waals surface area contributed by atoms with Gasteiger partial charge in [-0.15, -0.1) is 0 Å². The summed E-state index contributed by atoms with van der Waals surface area (Å²) >= 11 is 0. The van der Waals surface area contributed by atoms with Crippen molar-refractivity contribution < 1.29 is 4.79 Å². The van der Waals surface area contributed by atoms with Gasteiger partial charge in [-0.3, -0.25) is 4.90 Å². The second-order valence-electron chi connectivity index (χ2n) is 4.93. The summed E-state index contributed by atoms with van der Waals surface area (Å²) in [6, 6.07) is 7.59. The third-order valence-electron chi connectivity index (χ3n) is 2.62. The average molecular weight is 216 g/mol. The molecular weight excluding hydrogens is 200 g/mol. The molecule has 0 unspecified atom stereocenters. The highest BCUT2D eigenvalue weighted by atomic mass is 16.2. The Hall–Kier alpha value is -1.77. The summed E-state index contributed by atoms with van der Waals surface area (Å²) < 4.78 is 0. The fourth-order valence-corrected chi connectivity index (χ4v) is 1.97. The van der Waals surface area contributed by atoms with Gasteiger partial charge < -0.3 is 5.32 Å². The predicted molar refractivity (Wildman–Crippen MR) is 66.1 cm³/mol. The van der Waals surface area contributed by atoms with Gasteiger partial charge >= 0.3 is 6.03 Å². The topological polar surface area (TPSA) is 32.3 Å². The lowest BCUT2D eigenvalue weighted by Crippen LogP contribution is -2.48. The minimum Gasteiger partial charge on any atom is -0.307 e. The number of nitrogens with one attached hydrogen (secondary N) is 1. The zero-order chi connectivity index (χ0) is 11.9. The number of urea groups is 1. The molecular formula is C13H16N2O. The first kappa shape index (κ1) is 10.7. The second-order valence-corrected chi connectivity index (χ2v) is 4.93. The SMILES string of the molecule is C=C1c2ccccc2NC(=O)N1C(C)(C)C. The molecule has 3 nitrogen and oxygen atoms in total. The largest absolute Gasteiger partial charge is 0.326 e. The number of benzene rings is 1. The fourth-order valence-electron chi connectivity index (χ4n) is 1.97. The lowest BCUT2D eigenvalue weighted by atomic mass is 10.00. The Bertz CT molecular complexity index is 457. The number of fused-ring (bicyclic) bond motifs is 1. The monoisotopic (exact) mass is 216 g/mol. The first-order valence-electron chi connectivity index (χ1n) is 5.31. The normalized spacial score (nSPS) is 15.8. The van der Waals surface area contributed by atoms with Crippen LogP contribution in [0.2, 0.25) is 0 Å². The quantitative estimate of drug-likeness (QED) is 0.709. The van der Waals surface area contributed by atoms with Crippen molar-refractivity contribution in [2.75, 3.05) is 5.32 Å². The highest BCUT2D eigenvalue weighted by Crippen LogP contribution is 2.34. The van der Waals surface area contributed by atoms with Crippen molar-refractivity contribution in [2.45, 2.75) is 26.3 Å². The molecule has 0 aromatic heterocycles. The van der Waals surface area contributed by atoms with Crippen molar-refractivity contribution in [1.29, 1.82) is 0 Å². The van der Waals surface area contributed by atoms with Gasteiger partial charge in [-0.1, -0.05) is 24.8 Å². The van der Waals surface area contributed by atoms with Gasteiger partial charge in [0, 0.05) is 16.8 Å². The summed E-state index contributed by atoms with van der Waals surface area (Å²) in [4.78, 5) is 13.7. The maximum Gasteiger partial charge on any atom is 0.326 e. The number of carbonyl (C=O) groups is 1. The van der Waals surface area contributed by atoms with E-state index in [1.54, 1.807) is 4.90 Å². The first-order chi connectivity index (χ1) is 7.41. The molecule has 16 heavy (non-hydrogen) atoms. The number of amides is 2. The molecule has 84 valence electrons. The Morgan fingerprint density at radius 2 is 1.88 bits per heavy atom. The molecule has 0 fully saturated rings. The van der Waals surface area contributed by atoms with Crippen molar-refractivity contribution in [3.8, 4) is 0 Å². The summed E-state index contributed by atoms with van der Waals surface area (Å²) in [7, 11) is 0. The summed E-state index contributed by atoms with van der Waals surface area (Å²) in [5.41, 5.74) is 2.30. The molecule has 3 heteroatoms. The minimum atomic E-state index is -0.269. The zero-order valence-electron chi connectivity index (χ0n) is 9.87. The number of nitrogens with zero attached hydrogens (tertiary/aromatic N) is 1. The summed E-state index contributed by atoms with van der Waals surface area (Å²) in [5, 5.41) is 2.87. The van der Waals surface area contributed by atoms with Crippen LogP contribution in [0.5, 0.6) is 0 Å². The average Bonchev–Trinajstić information content (AvgIpc) is 2.15. The van der Waals surface area contributed by atoms with Crippen LogP contribution >= 0.6 is 0 Å². The third kappa shape index (κ3) is 1.58. The van der Waals surface area contributed by atoms with Gasteiger partial charge in [-0.05, 0) is 26.8 Å². The van der Waals surface area contributed by atoms with E-state index < -0.39 is 0 Å². The van der Waals surface area contributed by atoms with E-state index in [1.807, 2.05) is 45.0 Å². The summed E-state index contributed by atoms with van der Waals surface area (Å²) in [6.07, 6.45) is 0. The van der Waals surface area contributed by atoms with Gasteiger partial charge in [-0.2, -0.15) is 0 Å². The highest BCUT2D eigenvalue weighted by Gasteiger charge is 2.33. The molecule has 0 radical (unpaired) electrons. The Balaban J connectivity index is 2.50. The molecule has 0 aliphatic carbocycles. The van der Waals surface area contributed by atoms with Crippen molar-refractivity contribution in [2.24, 2.45) is 0 Å². The van der Waals surface area contributed by atoms with E-state index in [2.05, 4.69) is 11.9 Å². The van der Waals surface area contributed by atoms with Gasteiger partial charge in [0.1, 0.15) is 0 Å². The molecule has 2 amide bonds. The molecule has 0 saturated heterocycles. The molecule has 0 spiro atoms. The summed E-state index contributed by atoms with van der Waals surface area (Å²) in [5.74, 6) is 0. The van der Waals surface area contributed by atoms with Crippen LogP contribution in [0.4, 0.5) is 10.5 Å². The molecule has 2 rings (SSSR count). The number of hydrogen-bond donors (Lipinski definition) is 1. The lowest BCUT2D eigenvalue weighted by Gasteiger charge is -2.40.